The van der Waals surface area contributed by atoms with Gasteiger partial charge in [-0.05, 0) is 13.0 Å². The second kappa shape index (κ2) is 7.49. The zero-order chi connectivity index (χ0) is 18.7. The molecule has 2 N–H and O–H groups in total. The lowest BCUT2D eigenvalue weighted by atomic mass is 10.1. The molecule has 0 unspecified atom stereocenters. The third-order valence-electron chi connectivity index (χ3n) is 3.82. The summed E-state index contributed by atoms with van der Waals surface area (Å²) in [6, 6.07) is 3.51. The first-order chi connectivity index (χ1) is 12.5. The van der Waals surface area contributed by atoms with Crippen molar-refractivity contribution in [2.24, 2.45) is 7.05 Å². The van der Waals surface area contributed by atoms with E-state index in [9.17, 15) is 4.79 Å². The number of ether oxygens (including phenoxy) is 1. The molecule has 9 heteroatoms. The van der Waals surface area contributed by atoms with Crippen LogP contribution in [0.2, 0.25) is 5.15 Å². The van der Waals surface area contributed by atoms with E-state index in [1.165, 1.54) is 12.4 Å². The highest BCUT2D eigenvalue weighted by atomic mass is 35.5. The Labute approximate surface area is 155 Å². The minimum Gasteiger partial charge on any atom is -0.457 e. The molecule has 3 heterocycles. The number of rotatable bonds is 5. The van der Waals surface area contributed by atoms with Crippen molar-refractivity contribution in [3.63, 3.8) is 0 Å². The number of carbonyl (C=O) groups is 1. The summed E-state index contributed by atoms with van der Waals surface area (Å²) in [5, 5.41) is 4.50. The minimum absolute atomic E-state index is 0.0157. The van der Waals surface area contributed by atoms with Crippen molar-refractivity contribution in [2.75, 3.05) is 5.73 Å². The molecule has 0 aliphatic rings. The highest BCUT2D eigenvalue weighted by molar-refractivity contribution is 6.30. The van der Waals surface area contributed by atoms with E-state index in [0.29, 0.717) is 33.5 Å². The van der Waals surface area contributed by atoms with Crippen molar-refractivity contribution in [3.05, 3.63) is 53.3 Å². The maximum atomic E-state index is 12.4. The molecule has 0 aromatic carbocycles. The van der Waals surface area contributed by atoms with Crippen LogP contribution in [0.3, 0.4) is 0 Å². The molecular formula is C17H17ClN6O2. The van der Waals surface area contributed by atoms with Crippen LogP contribution in [0.15, 0.2) is 36.9 Å². The number of anilines is 1. The highest BCUT2D eigenvalue weighted by Crippen LogP contribution is 2.25. The maximum Gasteiger partial charge on any atom is 0.312 e. The minimum atomic E-state index is -0.520. The van der Waals surface area contributed by atoms with Crippen LogP contribution >= 0.6 is 11.6 Å². The van der Waals surface area contributed by atoms with E-state index in [2.05, 4.69) is 20.1 Å². The number of nitrogens with zero attached hydrogens (tertiary/aromatic N) is 5. The molecule has 0 amide bonds. The molecule has 0 radical (unpaired) electrons. The van der Waals surface area contributed by atoms with Gasteiger partial charge in [0, 0.05) is 18.8 Å². The van der Waals surface area contributed by atoms with Gasteiger partial charge in [0.05, 0.1) is 42.0 Å². The van der Waals surface area contributed by atoms with Crippen molar-refractivity contribution >= 4 is 23.3 Å². The number of hydrogen-bond donors (Lipinski definition) is 1. The molecule has 0 bridgehead atoms. The van der Waals surface area contributed by atoms with Crippen LogP contribution in [0, 0.1) is 0 Å². The predicted octanol–water partition coefficient (Wildman–Crippen LogP) is 2.35. The third-order valence-corrected chi connectivity index (χ3v) is 4.14. The average molecular weight is 373 g/mol. The highest BCUT2D eigenvalue weighted by Gasteiger charge is 2.20. The second-order valence-corrected chi connectivity index (χ2v) is 6.02. The van der Waals surface area contributed by atoms with Crippen molar-refractivity contribution in [2.45, 2.75) is 19.4 Å². The average Bonchev–Trinajstić information content (AvgIpc) is 2.96. The number of nitrogens with two attached hydrogens (primary N) is 1. The summed E-state index contributed by atoms with van der Waals surface area (Å²) in [5.41, 5.74) is 8.01. The molecule has 0 saturated heterocycles. The van der Waals surface area contributed by atoms with Gasteiger partial charge in [-0.3, -0.25) is 9.48 Å². The van der Waals surface area contributed by atoms with Crippen LogP contribution in [0.25, 0.3) is 11.4 Å². The summed E-state index contributed by atoms with van der Waals surface area (Å²) in [4.78, 5) is 24.8. The predicted molar refractivity (Wildman–Crippen MR) is 96.1 cm³/mol. The molecule has 0 spiro atoms. The molecule has 3 aromatic rings. The fourth-order valence-electron chi connectivity index (χ4n) is 2.48. The lowest BCUT2D eigenvalue weighted by molar-refractivity contribution is -0.147. The van der Waals surface area contributed by atoms with E-state index in [4.69, 9.17) is 22.1 Å². The van der Waals surface area contributed by atoms with Crippen LogP contribution in [-0.2, 0) is 23.0 Å². The fourth-order valence-corrected chi connectivity index (χ4v) is 2.75. The van der Waals surface area contributed by atoms with Crippen molar-refractivity contribution in [1.29, 1.82) is 0 Å². The standard InChI is InChI=1S/C17H17ClN6O2/c1-10(12-4-3-5-20-16(12)18)26-15(25)6-14-13(9-23-24(14)2)17-21-7-11(19)8-22-17/h3-5,7-10H,6,19H2,1-2H3/t10-/m1/s1. The summed E-state index contributed by atoms with van der Waals surface area (Å²) >= 11 is 6.05. The van der Waals surface area contributed by atoms with Gasteiger partial charge in [-0.15, -0.1) is 0 Å². The van der Waals surface area contributed by atoms with Crippen molar-refractivity contribution in [3.8, 4) is 11.4 Å². The molecule has 1 atom stereocenters. The maximum absolute atomic E-state index is 12.4. The normalized spacial score (nSPS) is 12.0. The number of halogens is 1. The summed E-state index contributed by atoms with van der Waals surface area (Å²) in [6.45, 7) is 1.74. The van der Waals surface area contributed by atoms with Crippen molar-refractivity contribution < 1.29 is 9.53 Å². The molecule has 0 saturated carbocycles. The van der Waals surface area contributed by atoms with Gasteiger partial charge in [0.25, 0.3) is 0 Å². The third kappa shape index (κ3) is 3.80. The molecule has 134 valence electrons. The van der Waals surface area contributed by atoms with Crippen LogP contribution in [-0.4, -0.2) is 30.7 Å². The second-order valence-electron chi connectivity index (χ2n) is 5.66. The largest absolute Gasteiger partial charge is 0.457 e. The summed E-state index contributed by atoms with van der Waals surface area (Å²) in [7, 11) is 1.74. The first-order valence-corrected chi connectivity index (χ1v) is 8.22. The first-order valence-electron chi connectivity index (χ1n) is 7.84. The Balaban J connectivity index is 1.77. The van der Waals surface area contributed by atoms with Gasteiger partial charge in [-0.25, -0.2) is 15.0 Å². The summed E-state index contributed by atoms with van der Waals surface area (Å²) in [5.74, 6) is 0.0242. The molecular weight excluding hydrogens is 356 g/mol. The zero-order valence-corrected chi connectivity index (χ0v) is 15.0. The van der Waals surface area contributed by atoms with Crippen LogP contribution < -0.4 is 5.73 Å². The number of esters is 1. The SMILES string of the molecule is C[C@@H](OC(=O)Cc1c(-c2ncc(N)cn2)cnn1C)c1cccnc1Cl. The van der Waals surface area contributed by atoms with E-state index >= 15 is 0 Å². The van der Waals surface area contributed by atoms with Crippen LogP contribution in [0.4, 0.5) is 5.69 Å². The Morgan fingerprint density at radius 1 is 1.31 bits per heavy atom. The van der Waals surface area contributed by atoms with Gasteiger partial charge in [0.15, 0.2) is 5.82 Å². The first kappa shape index (κ1) is 17.8. The van der Waals surface area contributed by atoms with Gasteiger partial charge < -0.3 is 10.5 Å². The molecule has 3 aromatic heterocycles. The van der Waals surface area contributed by atoms with E-state index in [0.717, 1.165) is 0 Å². The monoisotopic (exact) mass is 372 g/mol. The van der Waals surface area contributed by atoms with Gasteiger partial charge in [-0.1, -0.05) is 17.7 Å². The Morgan fingerprint density at radius 3 is 2.73 bits per heavy atom. The van der Waals surface area contributed by atoms with Gasteiger partial charge in [0.2, 0.25) is 0 Å². The topological polar surface area (TPSA) is 109 Å². The van der Waals surface area contributed by atoms with Crippen molar-refractivity contribution in [1.82, 2.24) is 24.7 Å². The lowest BCUT2D eigenvalue weighted by Crippen LogP contribution is -2.14. The number of pyridine rings is 1. The molecule has 8 nitrogen and oxygen atoms in total. The van der Waals surface area contributed by atoms with E-state index in [1.54, 1.807) is 43.2 Å². The quantitative estimate of drug-likeness (QED) is 0.540. The number of hydrogen-bond acceptors (Lipinski definition) is 7. The van der Waals surface area contributed by atoms with Crippen LogP contribution in [0.5, 0.6) is 0 Å². The number of aryl methyl sites for hydroxylation is 1. The smallest absolute Gasteiger partial charge is 0.312 e. The number of carbonyl (C=O) groups excluding carboxylic acids is 1. The number of nitrogen functional groups attached to an aromatic ring is 1. The summed E-state index contributed by atoms with van der Waals surface area (Å²) in [6.07, 6.45) is 5.69. The van der Waals surface area contributed by atoms with E-state index in [-0.39, 0.29) is 6.42 Å². The molecule has 0 aliphatic carbocycles. The number of aromatic nitrogens is 5. The Bertz CT molecular complexity index is 925. The lowest BCUT2D eigenvalue weighted by Gasteiger charge is -2.14. The van der Waals surface area contributed by atoms with Gasteiger partial charge in [-0.2, -0.15) is 5.10 Å². The Kier molecular flexibility index (Phi) is 5.13. The van der Waals surface area contributed by atoms with E-state index < -0.39 is 12.1 Å². The molecule has 26 heavy (non-hydrogen) atoms. The molecule has 0 fully saturated rings. The summed E-state index contributed by atoms with van der Waals surface area (Å²) < 4.78 is 7.09. The van der Waals surface area contributed by atoms with Gasteiger partial charge >= 0.3 is 5.97 Å². The zero-order valence-electron chi connectivity index (χ0n) is 14.3. The van der Waals surface area contributed by atoms with Crippen LogP contribution in [0.1, 0.15) is 24.3 Å². The van der Waals surface area contributed by atoms with Gasteiger partial charge in [0.1, 0.15) is 11.3 Å². The molecule has 0 aliphatic heterocycles. The Hall–Kier alpha value is -3.00. The molecule has 3 rings (SSSR count). The fraction of sp³-hybridized carbons (Fsp3) is 0.235. The van der Waals surface area contributed by atoms with E-state index in [1.807, 2.05) is 0 Å². The Morgan fingerprint density at radius 2 is 2.04 bits per heavy atom.